The molecule has 0 aliphatic carbocycles. The van der Waals surface area contributed by atoms with Crippen LogP contribution >= 0.6 is 11.8 Å². The fourth-order valence-corrected chi connectivity index (χ4v) is 2.30. The molecule has 0 saturated carbocycles. The first-order valence-corrected chi connectivity index (χ1v) is 6.46. The number of carboxylic acid groups (broad SMARTS) is 1. The molecule has 1 unspecified atom stereocenters. The van der Waals surface area contributed by atoms with Gasteiger partial charge in [-0.1, -0.05) is 12.1 Å². The molecule has 1 aromatic carbocycles. The quantitative estimate of drug-likeness (QED) is 0.825. The van der Waals surface area contributed by atoms with E-state index in [4.69, 9.17) is 5.11 Å². The van der Waals surface area contributed by atoms with Crippen LogP contribution in [0.5, 0.6) is 0 Å². The lowest BCUT2D eigenvalue weighted by atomic mass is 10.2. The molecule has 2 N–H and O–H groups in total. The van der Waals surface area contributed by atoms with Gasteiger partial charge < -0.3 is 10.4 Å². The fraction of sp³-hybridized carbons (Fsp3) is 0.333. The molecule has 0 aromatic heterocycles. The highest BCUT2D eigenvalue weighted by atomic mass is 32.2. The second-order valence-electron chi connectivity index (χ2n) is 3.73. The molecule has 0 fully saturated rings. The largest absolute Gasteiger partial charge is 0.480 e. The smallest absolute Gasteiger partial charge is 0.327 e. The van der Waals surface area contributed by atoms with Crippen molar-refractivity contribution >= 4 is 23.6 Å². The zero-order valence-electron chi connectivity index (χ0n) is 9.85. The summed E-state index contributed by atoms with van der Waals surface area (Å²) in [6.45, 7) is 1.28. The van der Waals surface area contributed by atoms with E-state index in [0.717, 1.165) is 5.56 Å². The third kappa shape index (κ3) is 5.18. The van der Waals surface area contributed by atoms with Gasteiger partial charge in [-0.15, -0.1) is 0 Å². The van der Waals surface area contributed by atoms with Crippen molar-refractivity contribution in [2.24, 2.45) is 0 Å². The number of thioether (sulfide) groups is 1. The van der Waals surface area contributed by atoms with Crippen LogP contribution in [0, 0.1) is 5.82 Å². The number of benzene rings is 1. The molecule has 98 valence electrons. The highest BCUT2D eigenvalue weighted by Crippen LogP contribution is 2.13. The van der Waals surface area contributed by atoms with Gasteiger partial charge in [0.25, 0.3) is 0 Å². The van der Waals surface area contributed by atoms with Crippen LogP contribution in [0.2, 0.25) is 0 Å². The zero-order chi connectivity index (χ0) is 13.5. The van der Waals surface area contributed by atoms with Gasteiger partial charge in [-0.05, 0) is 17.7 Å². The van der Waals surface area contributed by atoms with Crippen LogP contribution in [-0.4, -0.2) is 28.8 Å². The van der Waals surface area contributed by atoms with Crippen LogP contribution in [-0.2, 0) is 15.3 Å². The normalized spacial score (nSPS) is 11.9. The van der Waals surface area contributed by atoms with Crippen molar-refractivity contribution in [1.82, 2.24) is 5.32 Å². The summed E-state index contributed by atoms with van der Waals surface area (Å²) in [6, 6.07) is 5.12. The Hall–Kier alpha value is -1.56. The van der Waals surface area contributed by atoms with Gasteiger partial charge in [0.15, 0.2) is 0 Å². The summed E-state index contributed by atoms with van der Waals surface area (Å²) in [4.78, 5) is 21.6. The molecule has 6 heteroatoms. The van der Waals surface area contributed by atoms with E-state index in [2.05, 4.69) is 5.32 Å². The van der Waals surface area contributed by atoms with Gasteiger partial charge >= 0.3 is 5.97 Å². The third-order valence-electron chi connectivity index (χ3n) is 2.14. The molecule has 0 bridgehead atoms. The molecule has 1 rings (SSSR count). The van der Waals surface area contributed by atoms with Crippen LogP contribution in [0.3, 0.4) is 0 Å². The summed E-state index contributed by atoms with van der Waals surface area (Å²) >= 11 is 1.37. The lowest BCUT2D eigenvalue weighted by Gasteiger charge is -2.12. The third-order valence-corrected chi connectivity index (χ3v) is 3.25. The summed E-state index contributed by atoms with van der Waals surface area (Å²) < 4.78 is 12.7. The number of nitrogens with one attached hydrogen (secondary N) is 1. The molecule has 4 nitrogen and oxygen atoms in total. The number of carbonyl (C=O) groups is 2. The SMILES string of the molecule is CC(=O)NC(CSCc1ccc(F)cc1)C(=O)O. The molecule has 0 aliphatic heterocycles. The number of aliphatic carboxylic acids is 1. The van der Waals surface area contributed by atoms with Gasteiger partial charge in [0.1, 0.15) is 11.9 Å². The number of amides is 1. The van der Waals surface area contributed by atoms with Crippen LogP contribution in [0.25, 0.3) is 0 Å². The molecule has 1 aromatic rings. The van der Waals surface area contributed by atoms with Crippen LogP contribution in [0.15, 0.2) is 24.3 Å². The van der Waals surface area contributed by atoms with E-state index in [1.165, 1.54) is 30.8 Å². The lowest BCUT2D eigenvalue weighted by molar-refractivity contribution is -0.140. The Balaban J connectivity index is 2.41. The van der Waals surface area contributed by atoms with Crippen molar-refractivity contribution in [3.05, 3.63) is 35.6 Å². The zero-order valence-corrected chi connectivity index (χ0v) is 10.7. The van der Waals surface area contributed by atoms with Crippen LogP contribution < -0.4 is 5.32 Å². The topological polar surface area (TPSA) is 66.4 Å². The summed E-state index contributed by atoms with van der Waals surface area (Å²) in [5, 5.41) is 11.2. The first-order valence-electron chi connectivity index (χ1n) is 5.31. The summed E-state index contributed by atoms with van der Waals surface area (Å²) in [7, 11) is 0. The van der Waals surface area contributed by atoms with Gasteiger partial charge in [0.2, 0.25) is 5.91 Å². The predicted molar refractivity (Wildman–Crippen MR) is 67.8 cm³/mol. The van der Waals surface area contributed by atoms with E-state index in [-0.39, 0.29) is 17.5 Å². The Bertz CT molecular complexity index is 422. The fourth-order valence-electron chi connectivity index (χ4n) is 1.30. The van der Waals surface area contributed by atoms with Gasteiger partial charge in [-0.3, -0.25) is 4.79 Å². The summed E-state index contributed by atoms with van der Waals surface area (Å²) in [5.74, 6) is -0.886. The van der Waals surface area contributed by atoms with Crippen LogP contribution in [0.1, 0.15) is 12.5 Å². The molecule has 0 saturated heterocycles. The van der Waals surface area contributed by atoms with E-state index >= 15 is 0 Å². The van der Waals surface area contributed by atoms with Crippen molar-refractivity contribution in [3.8, 4) is 0 Å². The van der Waals surface area contributed by atoms with Crippen molar-refractivity contribution < 1.29 is 19.1 Å². The minimum atomic E-state index is -1.06. The lowest BCUT2D eigenvalue weighted by Crippen LogP contribution is -2.41. The molecule has 0 radical (unpaired) electrons. The number of carboxylic acids is 1. The summed E-state index contributed by atoms with van der Waals surface area (Å²) in [5.41, 5.74) is 0.911. The number of halogens is 1. The minimum Gasteiger partial charge on any atom is -0.480 e. The van der Waals surface area contributed by atoms with E-state index in [0.29, 0.717) is 5.75 Å². The Kier molecular flexibility index (Phi) is 5.64. The number of hydrogen-bond acceptors (Lipinski definition) is 3. The van der Waals surface area contributed by atoms with E-state index in [1.807, 2.05) is 0 Å². The molecule has 0 spiro atoms. The van der Waals surface area contributed by atoms with E-state index in [1.54, 1.807) is 12.1 Å². The molecule has 1 amide bonds. The van der Waals surface area contributed by atoms with E-state index < -0.39 is 12.0 Å². The van der Waals surface area contributed by atoms with Gasteiger partial charge in [0, 0.05) is 18.4 Å². The number of carbonyl (C=O) groups excluding carboxylic acids is 1. The maximum absolute atomic E-state index is 12.7. The monoisotopic (exact) mass is 271 g/mol. The van der Waals surface area contributed by atoms with Crippen LogP contribution in [0.4, 0.5) is 4.39 Å². The number of rotatable bonds is 6. The first-order chi connectivity index (χ1) is 8.49. The van der Waals surface area contributed by atoms with Crippen molar-refractivity contribution in [2.75, 3.05) is 5.75 Å². The maximum atomic E-state index is 12.7. The summed E-state index contributed by atoms with van der Waals surface area (Å²) in [6.07, 6.45) is 0. The van der Waals surface area contributed by atoms with E-state index in [9.17, 15) is 14.0 Å². The van der Waals surface area contributed by atoms with Gasteiger partial charge in [0.05, 0.1) is 0 Å². The molecular weight excluding hydrogens is 257 g/mol. The Morgan fingerprint density at radius 1 is 1.39 bits per heavy atom. The highest BCUT2D eigenvalue weighted by molar-refractivity contribution is 7.98. The Labute approximate surface area is 109 Å². The molecule has 18 heavy (non-hydrogen) atoms. The number of hydrogen-bond donors (Lipinski definition) is 2. The van der Waals surface area contributed by atoms with Gasteiger partial charge in [-0.25, -0.2) is 9.18 Å². The molecule has 0 heterocycles. The molecule has 1 atom stereocenters. The maximum Gasteiger partial charge on any atom is 0.327 e. The molecule has 0 aliphatic rings. The standard InChI is InChI=1S/C12H14FNO3S/c1-8(15)14-11(12(16)17)7-18-6-9-2-4-10(13)5-3-9/h2-5,11H,6-7H2,1H3,(H,14,15)(H,16,17). The first kappa shape index (κ1) is 14.5. The van der Waals surface area contributed by atoms with Gasteiger partial charge in [-0.2, -0.15) is 11.8 Å². The Morgan fingerprint density at radius 2 is 2.00 bits per heavy atom. The average molecular weight is 271 g/mol. The Morgan fingerprint density at radius 3 is 2.50 bits per heavy atom. The second-order valence-corrected chi connectivity index (χ2v) is 4.76. The van der Waals surface area contributed by atoms with Crippen molar-refractivity contribution in [1.29, 1.82) is 0 Å². The minimum absolute atomic E-state index is 0.270. The second kappa shape index (κ2) is 7.00. The molecular formula is C12H14FNO3S. The predicted octanol–water partition coefficient (Wildman–Crippen LogP) is 1.65. The van der Waals surface area contributed by atoms with Crippen molar-refractivity contribution in [2.45, 2.75) is 18.7 Å². The van der Waals surface area contributed by atoms with Crippen molar-refractivity contribution in [3.63, 3.8) is 0 Å². The average Bonchev–Trinajstić information content (AvgIpc) is 2.29. The highest BCUT2D eigenvalue weighted by Gasteiger charge is 2.17.